The molecule has 1 heterocycles. The van der Waals surface area contributed by atoms with Crippen molar-refractivity contribution in [3.63, 3.8) is 0 Å². The van der Waals surface area contributed by atoms with E-state index in [-0.39, 0.29) is 12.5 Å². The van der Waals surface area contributed by atoms with Crippen LogP contribution in [0.5, 0.6) is 11.5 Å². The number of ether oxygens (including phenoxy) is 2. The standard InChI is InChI=1S/C14H19ClN2O4/c1-14(2,16)13(19)17-7-10(18)8-5-9(15)12-11(6-8)20-3-4-21-12/h5-6,10,18H,3-4,7,16H2,1-2H3,(H,17,19). The van der Waals surface area contributed by atoms with Crippen LogP contribution in [0.25, 0.3) is 0 Å². The van der Waals surface area contributed by atoms with Gasteiger partial charge in [0, 0.05) is 6.54 Å². The van der Waals surface area contributed by atoms with Crippen LogP contribution in [0.2, 0.25) is 5.02 Å². The Hall–Kier alpha value is -1.50. The van der Waals surface area contributed by atoms with Gasteiger partial charge in [-0.2, -0.15) is 0 Å². The van der Waals surface area contributed by atoms with Crippen LogP contribution in [0, 0.1) is 0 Å². The predicted molar refractivity (Wildman–Crippen MR) is 78.7 cm³/mol. The fourth-order valence-electron chi connectivity index (χ4n) is 1.86. The van der Waals surface area contributed by atoms with Crippen LogP contribution in [0.1, 0.15) is 25.5 Å². The molecule has 1 aromatic rings. The minimum atomic E-state index is -0.996. The molecule has 0 fully saturated rings. The third-order valence-corrected chi connectivity index (χ3v) is 3.33. The lowest BCUT2D eigenvalue weighted by molar-refractivity contribution is -0.125. The summed E-state index contributed by atoms with van der Waals surface area (Å²) in [6.45, 7) is 4.10. The lowest BCUT2D eigenvalue weighted by atomic mass is 10.1. The fraction of sp³-hybridized carbons (Fsp3) is 0.500. The second-order valence-electron chi connectivity index (χ2n) is 5.47. The third-order valence-electron chi connectivity index (χ3n) is 3.05. The number of rotatable bonds is 4. The molecule has 0 saturated carbocycles. The molecular formula is C14H19ClN2O4. The summed E-state index contributed by atoms with van der Waals surface area (Å²) in [5, 5.41) is 13.1. The molecule has 6 nitrogen and oxygen atoms in total. The van der Waals surface area contributed by atoms with Crippen molar-refractivity contribution in [1.29, 1.82) is 0 Å². The van der Waals surface area contributed by atoms with Gasteiger partial charge in [-0.15, -0.1) is 0 Å². The first-order valence-electron chi connectivity index (χ1n) is 6.63. The molecule has 0 bridgehead atoms. The van der Waals surface area contributed by atoms with Crippen LogP contribution < -0.4 is 20.5 Å². The van der Waals surface area contributed by atoms with E-state index in [0.717, 1.165) is 0 Å². The number of fused-ring (bicyclic) bond motifs is 1. The van der Waals surface area contributed by atoms with Crippen molar-refractivity contribution in [2.75, 3.05) is 19.8 Å². The number of carbonyl (C=O) groups excluding carboxylic acids is 1. The number of nitrogens with one attached hydrogen (secondary N) is 1. The number of aliphatic hydroxyl groups excluding tert-OH is 1. The number of hydrogen-bond acceptors (Lipinski definition) is 5. The molecule has 1 aliphatic heterocycles. The second-order valence-corrected chi connectivity index (χ2v) is 5.88. The minimum absolute atomic E-state index is 0.0371. The summed E-state index contributed by atoms with van der Waals surface area (Å²) in [5.41, 5.74) is 5.21. The molecule has 1 atom stereocenters. The Kier molecular flexibility index (Phi) is 4.61. The molecule has 1 aliphatic rings. The van der Waals surface area contributed by atoms with Gasteiger partial charge in [0.25, 0.3) is 0 Å². The van der Waals surface area contributed by atoms with Gasteiger partial charge >= 0.3 is 0 Å². The maximum Gasteiger partial charge on any atom is 0.239 e. The van der Waals surface area contributed by atoms with E-state index in [1.54, 1.807) is 26.0 Å². The van der Waals surface area contributed by atoms with Crippen molar-refractivity contribution in [2.45, 2.75) is 25.5 Å². The van der Waals surface area contributed by atoms with Crippen LogP contribution in [0.3, 0.4) is 0 Å². The van der Waals surface area contributed by atoms with E-state index in [4.69, 9.17) is 26.8 Å². The Morgan fingerprint density at radius 1 is 1.48 bits per heavy atom. The number of carbonyl (C=O) groups is 1. The minimum Gasteiger partial charge on any atom is -0.486 e. The topological polar surface area (TPSA) is 93.8 Å². The zero-order valence-electron chi connectivity index (χ0n) is 12.0. The maximum absolute atomic E-state index is 11.7. The average molecular weight is 315 g/mol. The van der Waals surface area contributed by atoms with Crippen molar-refractivity contribution in [2.24, 2.45) is 5.73 Å². The van der Waals surface area contributed by atoms with Gasteiger partial charge in [0.1, 0.15) is 13.2 Å². The number of amides is 1. The molecule has 0 radical (unpaired) electrons. The molecule has 0 saturated heterocycles. The maximum atomic E-state index is 11.7. The van der Waals surface area contributed by atoms with Gasteiger partial charge in [-0.25, -0.2) is 0 Å². The molecule has 4 N–H and O–H groups in total. The van der Waals surface area contributed by atoms with Crippen molar-refractivity contribution in [1.82, 2.24) is 5.32 Å². The zero-order chi connectivity index (χ0) is 15.6. The van der Waals surface area contributed by atoms with Crippen LogP contribution in [-0.4, -0.2) is 36.3 Å². The van der Waals surface area contributed by atoms with Crippen molar-refractivity contribution in [3.05, 3.63) is 22.7 Å². The Morgan fingerprint density at radius 3 is 2.81 bits per heavy atom. The Bertz CT molecular complexity index is 543. The molecule has 1 aromatic carbocycles. The van der Waals surface area contributed by atoms with Gasteiger partial charge < -0.3 is 25.6 Å². The molecule has 1 amide bonds. The van der Waals surface area contributed by atoms with Gasteiger partial charge in [0.15, 0.2) is 11.5 Å². The van der Waals surface area contributed by atoms with E-state index in [2.05, 4.69) is 5.32 Å². The smallest absolute Gasteiger partial charge is 0.239 e. The van der Waals surface area contributed by atoms with Gasteiger partial charge in [-0.05, 0) is 31.5 Å². The monoisotopic (exact) mass is 314 g/mol. The normalized spacial score (nSPS) is 15.5. The molecule has 116 valence electrons. The van der Waals surface area contributed by atoms with Crippen LogP contribution in [-0.2, 0) is 4.79 Å². The summed E-state index contributed by atoms with van der Waals surface area (Å²) in [5.74, 6) is 0.629. The Labute approximate surface area is 128 Å². The van der Waals surface area contributed by atoms with E-state index in [1.807, 2.05) is 0 Å². The number of nitrogens with two attached hydrogens (primary N) is 1. The van der Waals surface area contributed by atoms with Gasteiger partial charge in [-0.3, -0.25) is 4.79 Å². The molecule has 0 aliphatic carbocycles. The van der Waals surface area contributed by atoms with E-state index < -0.39 is 11.6 Å². The summed E-state index contributed by atoms with van der Waals surface area (Å²) in [4.78, 5) is 11.7. The van der Waals surface area contributed by atoms with Gasteiger partial charge in [0.2, 0.25) is 5.91 Å². The second kappa shape index (κ2) is 6.09. The highest BCUT2D eigenvalue weighted by Gasteiger charge is 2.23. The summed E-state index contributed by atoms with van der Waals surface area (Å²) in [6, 6.07) is 3.25. The first-order valence-corrected chi connectivity index (χ1v) is 7.01. The summed E-state index contributed by atoms with van der Waals surface area (Å²) < 4.78 is 10.9. The van der Waals surface area contributed by atoms with Crippen molar-refractivity contribution < 1.29 is 19.4 Å². The van der Waals surface area contributed by atoms with Crippen LogP contribution >= 0.6 is 11.6 Å². The SMILES string of the molecule is CC(C)(N)C(=O)NCC(O)c1cc(Cl)c2c(c1)OCCO2. The number of benzene rings is 1. The summed E-state index contributed by atoms with van der Waals surface area (Å²) in [6.07, 6.45) is -0.912. The largest absolute Gasteiger partial charge is 0.486 e. The Morgan fingerprint density at radius 2 is 2.14 bits per heavy atom. The molecular weight excluding hydrogens is 296 g/mol. The summed E-state index contributed by atoms with van der Waals surface area (Å²) in [7, 11) is 0. The predicted octanol–water partition coefficient (Wildman–Crippen LogP) is 0.998. The van der Waals surface area contributed by atoms with Crippen molar-refractivity contribution in [3.8, 4) is 11.5 Å². The number of hydrogen-bond donors (Lipinski definition) is 3. The highest BCUT2D eigenvalue weighted by Crippen LogP contribution is 2.39. The van der Waals surface area contributed by atoms with E-state index in [1.165, 1.54) is 0 Å². The summed E-state index contributed by atoms with van der Waals surface area (Å²) >= 11 is 6.10. The van der Waals surface area contributed by atoms with Crippen LogP contribution in [0.4, 0.5) is 0 Å². The third kappa shape index (κ3) is 3.78. The highest BCUT2D eigenvalue weighted by atomic mass is 35.5. The van der Waals surface area contributed by atoms with Gasteiger partial charge in [0.05, 0.1) is 16.7 Å². The lowest BCUT2D eigenvalue weighted by Gasteiger charge is -2.22. The molecule has 7 heteroatoms. The van der Waals surface area contributed by atoms with E-state index >= 15 is 0 Å². The molecule has 1 unspecified atom stereocenters. The lowest BCUT2D eigenvalue weighted by Crippen LogP contribution is -2.49. The molecule has 0 aromatic heterocycles. The number of halogens is 1. The van der Waals surface area contributed by atoms with Gasteiger partial charge in [-0.1, -0.05) is 11.6 Å². The Balaban J connectivity index is 2.08. The highest BCUT2D eigenvalue weighted by molar-refractivity contribution is 6.32. The van der Waals surface area contributed by atoms with Crippen molar-refractivity contribution >= 4 is 17.5 Å². The first kappa shape index (κ1) is 15.9. The first-order chi connectivity index (χ1) is 9.79. The van der Waals surface area contributed by atoms with E-state index in [9.17, 15) is 9.90 Å². The quantitative estimate of drug-likeness (QED) is 0.771. The number of aliphatic hydroxyl groups is 1. The zero-order valence-corrected chi connectivity index (χ0v) is 12.7. The molecule has 0 spiro atoms. The molecule has 2 rings (SSSR count). The average Bonchev–Trinajstić information content (AvgIpc) is 2.43. The van der Waals surface area contributed by atoms with E-state index in [0.29, 0.717) is 35.3 Å². The van der Waals surface area contributed by atoms with Crippen LogP contribution in [0.15, 0.2) is 12.1 Å². The molecule has 21 heavy (non-hydrogen) atoms. The fourth-order valence-corrected chi connectivity index (χ4v) is 2.13.